The third kappa shape index (κ3) is 19.5. The fourth-order valence-corrected chi connectivity index (χ4v) is 3.41. The number of carboxylic acids is 1. The summed E-state index contributed by atoms with van der Waals surface area (Å²) in [6.45, 7) is 3.51. The van der Waals surface area contributed by atoms with E-state index in [1.807, 2.05) is 0 Å². The number of nitrogens with one attached hydrogen (secondary N) is 1. The highest BCUT2D eigenvalue weighted by molar-refractivity contribution is 5.75. The van der Waals surface area contributed by atoms with Crippen molar-refractivity contribution in [2.75, 3.05) is 13.1 Å². The van der Waals surface area contributed by atoms with Crippen molar-refractivity contribution in [2.24, 2.45) is 16.5 Å². The molecular formula is C22H46N4O2. The minimum atomic E-state index is -0.796. The Hall–Kier alpha value is -1.30. The van der Waals surface area contributed by atoms with Gasteiger partial charge in [0.15, 0.2) is 5.96 Å². The van der Waals surface area contributed by atoms with Crippen LogP contribution in [0.15, 0.2) is 4.99 Å². The molecule has 0 aliphatic heterocycles. The topological polar surface area (TPSA) is 114 Å². The van der Waals surface area contributed by atoms with E-state index in [0.717, 1.165) is 13.0 Å². The first-order chi connectivity index (χ1) is 13.6. The molecule has 0 fully saturated rings. The van der Waals surface area contributed by atoms with Crippen molar-refractivity contribution in [1.29, 1.82) is 0 Å². The number of hydrogen-bond donors (Lipinski definition) is 4. The molecule has 6 N–H and O–H groups in total. The van der Waals surface area contributed by atoms with Crippen LogP contribution >= 0.6 is 0 Å². The minimum Gasteiger partial charge on any atom is -0.480 e. The molecule has 0 aromatic heterocycles. The van der Waals surface area contributed by atoms with E-state index in [1.165, 1.54) is 83.5 Å². The lowest BCUT2D eigenvalue weighted by atomic mass is 10.0. The molecule has 0 rings (SSSR count). The Morgan fingerprint density at radius 3 is 1.71 bits per heavy atom. The molecule has 0 spiro atoms. The summed E-state index contributed by atoms with van der Waals surface area (Å²) >= 11 is 0. The van der Waals surface area contributed by atoms with Gasteiger partial charge in [-0.1, -0.05) is 90.4 Å². The molecule has 0 aromatic rings. The zero-order chi connectivity index (χ0) is 20.9. The largest absolute Gasteiger partial charge is 0.480 e. The SMILES string of the molecule is CCCCCCCCCCCCCCCCN[C@@H](CCCN=C(N)N)C(=O)O. The lowest BCUT2D eigenvalue weighted by Crippen LogP contribution is -2.37. The fraction of sp³-hybridized carbons (Fsp3) is 0.909. The number of aliphatic imine (C=N–C) groups is 1. The summed E-state index contributed by atoms with van der Waals surface area (Å²) in [4.78, 5) is 15.1. The summed E-state index contributed by atoms with van der Waals surface area (Å²) in [6.07, 6.45) is 19.8. The van der Waals surface area contributed by atoms with Gasteiger partial charge in [0.1, 0.15) is 6.04 Å². The summed E-state index contributed by atoms with van der Waals surface area (Å²) in [5, 5.41) is 12.4. The molecule has 1 atom stereocenters. The highest BCUT2D eigenvalue weighted by atomic mass is 16.4. The van der Waals surface area contributed by atoms with Crippen LogP contribution in [0.1, 0.15) is 110 Å². The van der Waals surface area contributed by atoms with Crippen LogP contribution in [0.3, 0.4) is 0 Å². The number of carbonyl (C=O) groups is 1. The Balaban J connectivity index is 3.40. The number of nitrogens with two attached hydrogens (primary N) is 2. The van der Waals surface area contributed by atoms with Crippen molar-refractivity contribution in [2.45, 2.75) is 116 Å². The third-order valence-electron chi connectivity index (χ3n) is 5.16. The van der Waals surface area contributed by atoms with Crippen LogP contribution in [0.2, 0.25) is 0 Å². The van der Waals surface area contributed by atoms with Crippen molar-refractivity contribution < 1.29 is 9.90 Å². The molecule has 6 heteroatoms. The summed E-state index contributed by atoms with van der Waals surface area (Å²) in [5.74, 6) is -0.739. The molecule has 166 valence electrons. The van der Waals surface area contributed by atoms with Gasteiger partial charge in [-0.3, -0.25) is 9.79 Å². The maximum Gasteiger partial charge on any atom is 0.320 e. The molecule has 0 bridgehead atoms. The lowest BCUT2D eigenvalue weighted by Gasteiger charge is -2.13. The summed E-state index contributed by atoms with van der Waals surface area (Å²) in [5.41, 5.74) is 10.5. The third-order valence-corrected chi connectivity index (χ3v) is 5.16. The second-order valence-corrected chi connectivity index (χ2v) is 7.89. The maximum atomic E-state index is 11.3. The maximum absolute atomic E-state index is 11.3. The van der Waals surface area contributed by atoms with E-state index >= 15 is 0 Å². The summed E-state index contributed by atoms with van der Waals surface area (Å²) in [6, 6.07) is -0.504. The average Bonchev–Trinajstić information content (AvgIpc) is 2.66. The van der Waals surface area contributed by atoms with Crippen molar-refractivity contribution in [3.63, 3.8) is 0 Å². The standard InChI is InChI=1S/C22H46N4O2/c1-2-3-4-5-6-7-8-9-10-11-12-13-14-15-18-25-20(21(27)28)17-16-19-26-22(23)24/h20,25H,2-19H2,1H3,(H,27,28)(H4,23,24,26)/t20-/m0/s1. The highest BCUT2D eigenvalue weighted by Crippen LogP contribution is 2.12. The van der Waals surface area contributed by atoms with Crippen molar-refractivity contribution >= 4 is 11.9 Å². The Kier molecular flexibility index (Phi) is 19.5. The molecule has 0 aliphatic rings. The Labute approximate surface area is 172 Å². The number of unbranched alkanes of at least 4 members (excludes halogenated alkanes) is 13. The van der Waals surface area contributed by atoms with Gasteiger partial charge in [0.05, 0.1) is 0 Å². The predicted molar refractivity (Wildman–Crippen MR) is 120 cm³/mol. The van der Waals surface area contributed by atoms with Gasteiger partial charge in [-0.25, -0.2) is 0 Å². The van der Waals surface area contributed by atoms with Crippen molar-refractivity contribution in [1.82, 2.24) is 5.32 Å². The number of hydrogen-bond acceptors (Lipinski definition) is 3. The molecule has 0 unspecified atom stereocenters. The minimum absolute atomic E-state index is 0.0576. The molecule has 0 aromatic carbocycles. The zero-order valence-corrected chi connectivity index (χ0v) is 18.3. The first-order valence-electron chi connectivity index (χ1n) is 11.6. The van der Waals surface area contributed by atoms with Gasteiger partial charge >= 0.3 is 5.97 Å². The van der Waals surface area contributed by atoms with Crippen LogP contribution in [0, 0.1) is 0 Å². The molecule has 6 nitrogen and oxygen atoms in total. The molecule has 0 heterocycles. The quantitative estimate of drug-likeness (QED) is 0.128. The Bertz CT molecular complexity index is 385. The molecular weight excluding hydrogens is 352 g/mol. The van der Waals surface area contributed by atoms with Crippen LogP contribution in [-0.4, -0.2) is 36.2 Å². The first-order valence-corrected chi connectivity index (χ1v) is 11.6. The Morgan fingerprint density at radius 1 is 0.821 bits per heavy atom. The van der Waals surface area contributed by atoms with Gasteiger partial charge in [0, 0.05) is 6.54 Å². The van der Waals surface area contributed by atoms with Gasteiger partial charge in [0.2, 0.25) is 0 Å². The monoisotopic (exact) mass is 398 g/mol. The van der Waals surface area contributed by atoms with Crippen LogP contribution in [0.25, 0.3) is 0 Å². The molecule has 0 saturated heterocycles. The van der Waals surface area contributed by atoms with E-state index in [-0.39, 0.29) is 5.96 Å². The van der Waals surface area contributed by atoms with Gasteiger partial charge in [-0.15, -0.1) is 0 Å². The van der Waals surface area contributed by atoms with Gasteiger partial charge in [0.25, 0.3) is 0 Å². The summed E-state index contributed by atoms with van der Waals surface area (Å²) in [7, 11) is 0. The van der Waals surface area contributed by atoms with Crippen LogP contribution in [-0.2, 0) is 4.79 Å². The van der Waals surface area contributed by atoms with E-state index in [2.05, 4.69) is 17.2 Å². The van der Waals surface area contributed by atoms with E-state index in [1.54, 1.807) is 0 Å². The lowest BCUT2D eigenvalue weighted by molar-refractivity contribution is -0.139. The van der Waals surface area contributed by atoms with Gasteiger partial charge in [-0.05, 0) is 25.8 Å². The average molecular weight is 399 g/mol. The van der Waals surface area contributed by atoms with Gasteiger partial charge in [-0.2, -0.15) is 0 Å². The molecule has 0 radical (unpaired) electrons. The normalized spacial score (nSPS) is 12.0. The van der Waals surface area contributed by atoms with Gasteiger partial charge < -0.3 is 21.9 Å². The number of rotatable bonds is 21. The van der Waals surface area contributed by atoms with E-state index in [4.69, 9.17) is 11.5 Å². The molecule has 0 aliphatic carbocycles. The van der Waals surface area contributed by atoms with E-state index in [9.17, 15) is 9.90 Å². The van der Waals surface area contributed by atoms with Crippen LogP contribution in [0.5, 0.6) is 0 Å². The molecule has 0 saturated carbocycles. The van der Waals surface area contributed by atoms with Crippen molar-refractivity contribution in [3.8, 4) is 0 Å². The highest BCUT2D eigenvalue weighted by Gasteiger charge is 2.15. The molecule has 28 heavy (non-hydrogen) atoms. The second-order valence-electron chi connectivity index (χ2n) is 7.89. The summed E-state index contributed by atoms with van der Waals surface area (Å²) < 4.78 is 0. The fourth-order valence-electron chi connectivity index (χ4n) is 3.41. The predicted octanol–water partition coefficient (Wildman–Crippen LogP) is 4.56. The second kappa shape index (κ2) is 20.4. The van der Waals surface area contributed by atoms with Crippen molar-refractivity contribution in [3.05, 3.63) is 0 Å². The van der Waals surface area contributed by atoms with Crippen LogP contribution < -0.4 is 16.8 Å². The van der Waals surface area contributed by atoms with E-state index < -0.39 is 12.0 Å². The number of guanidine groups is 1. The zero-order valence-electron chi connectivity index (χ0n) is 18.3. The van der Waals surface area contributed by atoms with Crippen LogP contribution in [0.4, 0.5) is 0 Å². The number of aliphatic carboxylic acids is 1. The first kappa shape index (κ1) is 26.7. The smallest absolute Gasteiger partial charge is 0.320 e. The molecule has 0 amide bonds. The van der Waals surface area contributed by atoms with E-state index in [0.29, 0.717) is 19.4 Å². The Morgan fingerprint density at radius 2 is 1.29 bits per heavy atom. The number of carboxylic acid groups (broad SMARTS) is 1. The number of nitrogens with zero attached hydrogens (tertiary/aromatic N) is 1.